The lowest BCUT2D eigenvalue weighted by Gasteiger charge is -2.08. The van der Waals surface area contributed by atoms with Crippen LogP contribution >= 0.6 is 0 Å². The van der Waals surface area contributed by atoms with Gasteiger partial charge in [0.1, 0.15) is 0 Å². The Morgan fingerprint density at radius 2 is 1.93 bits per heavy atom. The van der Waals surface area contributed by atoms with Crippen molar-refractivity contribution in [3.63, 3.8) is 0 Å². The number of carbonyl (C=O) groups is 1. The number of amides is 1. The first-order chi connectivity index (χ1) is 13.9. The number of hydrogen-bond acceptors (Lipinski definition) is 6. The molecule has 1 amide bonds. The van der Waals surface area contributed by atoms with Crippen molar-refractivity contribution in [3.05, 3.63) is 54.1 Å². The summed E-state index contributed by atoms with van der Waals surface area (Å²) in [6, 6.07) is 14.2. The molecule has 1 aromatic heterocycles. The van der Waals surface area contributed by atoms with Gasteiger partial charge < -0.3 is 5.32 Å². The smallest absolute Gasteiger partial charge is 0.225 e. The van der Waals surface area contributed by atoms with Crippen LogP contribution in [0.4, 0.5) is 5.69 Å². The largest absolute Gasteiger partial charge is 0.326 e. The number of carbonyl (C=O) groups excluding carboxylic acids is 1. The maximum absolute atomic E-state index is 12.4. The standard InChI is InChI=1S/C20H21N5O3S/c1-14-5-9-18(10-6-14)29(27,28)12-11-19(26)21-16-4-2-3-15(13-16)20-22-23-24-25(20)17-7-8-17/h2-6,9-10,13,17H,7-8,11-12H2,1H3,(H,21,26). The Morgan fingerprint density at radius 1 is 1.17 bits per heavy atom. The zero-order valence-electron chi connectivity index (χ0n) is 15.9. The van der Waals surface area contributed by atoms with Crippen LogP contribution in [0.3, 0.4) is 0 Å². The van der Waals surface area contributed by atoms with Crippen molar-refractivity contribution < 1.29 is 13.2 Å². The topological polar surface area (TPSA) is 107 Å². The zero-order chi connectivity index (χ0) is 20.4. The van der Waals surface area contributed by atoms with Gasteiger partial charge in [-0.25, -0.2) is 13.1 Å². The highest BCUT2D eigenvalue weighted by atomic mass is 32.2. The van der Waals surface area contributed by atoms with Crippen LogP contribution < -0.4 is 5.32 Å². The summed E-state index contributed by atoms with van der Waals surface area (Å²) in [5, 5.41) is 14.6. The van der Waals surface area contributed by atoms with Crippen LogP contribution in [0.15, 0.2) is 53.4 Å². The van der Waals surface area contributed by atoms with E-state index in [2.05, 4.69) is 20.8 Å². The fraction of sp³-hybridized carbons (Fsp3) is 0.300. The fourth-order valence-corrected chi connectivity index (χ4v) is 4.24. The number of hydrogen-bond donors (Lipinski definition) is 1. The van der Waals surface area contributed by atoms with Gasteiger partial charge in [0, 0.05) is 17.7 Å². The quantitative estimate of drug-likeness (QED) is 0.641. The summed E-state index contributed by atoms with van der Waals surface area (Å²) in [5.74, 6) is 0.0480. The zero-order valence-corrected chi connectivity index (χ0v) is 16.8. The number of aromatic nitrogens is 4. The van der Waals surface area contributed by atoms with E-state index < -0.39 is 9.84 Å². The molecule has 0 aliphatic heterocycles. The number of nitrogens with zero attached hydrogens (tertiary/aromatic N) is 4. The van der Waals surface area contributed by atoms with Crippen LogP contribution in [0.1, 0.15) is 30.9 Å². The Bertz CT molecular complexity index is 1130. The molecule has 1 heterocycles. The SMILES string of the molecule is Cc1ccc(S(=O)(=O)CCC(=O)Nc2cccc(-c3nnnn3C3CC3)c2)cc1. The van der Waals surface area contributed by atoms with Gasteiger partial charge in [0.2, 0.25) is 5.91 Å². The molecule has 0 unspecified atom stereocenters. The first-order valence-electron chi connectivity index (χ1n) is 9.40. The van der Waals surface area contributed by atoms with Gasteiger partial charge in [-0.2, -0.15) is 0 Å². The van der Waals surface area contributed by atoms with Crippen molar-refractivity contribution in [1.82, 2.24) is 20.2 Å². The molecule has 150 valence electrons. The number of aryl methyl sites for hydroxylation is 1. The lowest BCUT2D eigenvalue weighted by atomic mass is 10.2. The Hall–Kier alpha value is -3.07. The molecule has 8 nitrogen and oxygen atoms in total. The first-order valence-corrected chi connectivity index (χ1v) is 11.1. The van der Waals surface area contributed by atoms with E-state index in [0.29, 0.717) is 17.6 Å². The predicted octanol–water partition coefficient (Wildman–Crippen LogP) is 2.79. The molecule has 1 aliphatic rings. The highest BCUT2D eigenvalue weighted by molar-refractivity contribution is 7.91. The summed E-state index contributed by atoms with van der Waals surface area (Å²) < 4.78 is 26.6. The summed E-state index contributed by atoms with van der Waals surface area (Å²) in [4.78, 5) is 12.5. The molecule has 1 saturated carbocycles. The van der Waals surface area contributed by atoms with E-state index in [1.54, 1.807) is 47.1 Å². The monoisotopic (exact) mass is 411 g/mol. The normalized spacial score (nSPS) is 14.0. The Balaban J connectivity index is 1.41. The molecule has 3 aromatic rings. The maximum atomic E-state index is 12.4. The highest BCUT2D eigenvalue weighted by Gasteiger charge is 2.28. The second kappa shape index (κ2) is 7.75. The molecule has 0 atom stereocenters. The molecule has 4 rings (SSSR count). The molecule has 29 heavy (non-hydrogen) atoms. The van der Waals surface area contributed by atoms with E-state index in [1.807, 2.05) is 13.0 Å². The van der Waals surface area contributed by atoms with Gasteiger partial charge in [-0.05, 0) is 54.5 Å². The molecular formula is C20H21N5O3S. The Kier molecular flexibility index (Phi) is 5.14. The molecule has 1 fully saturated rings. The van der Waals surface area contributed by atoms with Crippen molar-refractivity contribution in [1.29, 1.82) is 0 Å². The van der Waals surface area contributed by atoms with E-state index in [0.717, 1.165) is 24.0 Å². The molecule has 1 aliphatic carbocycles. The number of benzene rings is 2. The van der Waals surface area contributed by atoms with Crippen molar-refractivity contribution in [3.8, 4) is 11.4 Å². The van der Waals surface area contributed by atoms with E-state index in [4.69, 9.17) is 0 Å². The van der Waals surface area contributed by atoms with Crippen LogP contribution in [-0.2, 0) is 14.6 Å². The van der Waals surface area contributed by atoms with E-state index in [1.165, 1.54) is 0 Å². The molecule has 0 saturated heterocycles. The Labute approximate surface area is 168 Å². The first kappa shape index (κ1) is 19.3. The highest BCUT2D eigenvalue weighted by Crippen LogP contribution is 2.36. The van der Waals surface area contributed by atoms with E-state index >= 15 is 0 Å². The summed E-state index contributed by atoms with van der Waals surface area (Å²) in [6.07, 6.45) is 1.99. The van der Waals surface area contributed by atoms with Crippen LogP contribution in [0, 0.1) is 6.92 Å². The number of anilines is 1. The van der Waals surface area contributed by atoms with Gasteiger partial charge in [-0.15, -0.1) is 5.10 Å². The number of sulfone groups is 1. The van der Waals surface area contributed by atoms with Crippen molar-refractivity contribution in [2.75, 3.05) is 11.1 Å². The van der Waals surface area contributed by atoms with Crippen LogP contribution in [0.2, 0.25) is 0 Å². The lowest BCUT2D eigenvalue weighted by Crippen LogP contribution is -2.17. The minimum absolute atomic E-state index is 0.125. The molecule has 9 heteroatoms. The van der Waals surface area contributed by atoms with Gasteiger partial charge >= 0.3 is 0 Å². The molecule has 0 spiro atoms. The van der Waals surface area contributed by atoms with Crippen LogP contribution in [0.5, 0.6) is 0 Å². The van der Waals surface area contributed by atoms with Gasteiger partial charge in [0.15, 0.2) is 15.7 Å². The third-order valence-electron chi connectivity index (χ3n) is 4.77. The van der Waals surface area contributed by atoms with E-state index in [-0.39, 0.29) is 23.0 Å². The molecule has 2 aromatic carbocycles. The number of rotatable bonds is 7. The average molecular weight is 411 g/mol. The Morgan fingerprint density at radius 3 is 2.66 bits per heavy atom. The fourth-order valence-electron chi connectivity index (χ4n) is 3.00. The molecular weight excluding hydrogens is 390 g/mol. The summed E-state index contributed by atoms with van der Waals surface area (Å²) in [7, 11) is -3.51. The van der Waals surface area contributed by atoms with Crippen LogP contribution in [0.25, 0.3) is 11.4 Å². The maximum Gasteiger partial charge on any atom is 0.225 e. The summed E-state index contributed by atoms with van der Waals surface area (Å²) >= 11 is 0. The van der Waals surface area contributed by atoms with Gasteiger partial charge in [-0.3, -0.25) is 4.79 Å². The lowest BCUT2D eigenvalue weighted by molar-refractivity contribution is -0.115. The third kappa shape index (κ3) is 4.51. The summed E-state index contributed by atoms with van der Waals surface area (Å²) in [6.45, 7) is 1.89. The predicted molar refractivity (Wildman–Crippen MR) is 108 cm³/mol. The minimum Gasteiger partial charge on any atom is -0.326 e. The minimum atomic E-state index is -3.51. The average Bonchev–Trinajstić information content (AvgIpc) is 3.43. The number of nitrogens with one attached hydrogen (secondary N) is 1. The van der Waals surface area contributed by atoms with E-state index in [9.17, 15) is 13.2 Å². The van der Waals surface area contributed by atoms with Gasteiger partial charge in [-0.1, -0.05) is 29.8 Å². The summed E-state index contributed by atoms with van der Waals surface area (Å²) in [5.41, 5.74) is 2.35. The molecule has 0 radical (unpaired) electrons. The van der Waals surface area contributed by atoms with Gasteiger partial charge in [0.25, 0.3) is 0 Å². The second-order valence-electron chi connectivity index (χ2n) is 7.19. The molecule has 0 bridgehead atoms. The third-order valence-corrected chi connectivity index (χ3v) is 6.50. The number of tetrazole rings is 1. The van der Waals surface area contributed by atoms with Crippen LogP contribution in [-0.4, -0.2) is 40.3 Å². The van der Waals surface area contributed by atoms with Crippen molar-refractivity contribution >= 4 is 21.4 Å². The van der Waals surface area contributed by atoms with Crippen molar-refractivity contribution in [2.24, 2.45) is 0 Å². The van der Waals surface area contributed by atoms with Crippen molar-refractivity contribution in [2.45, 2.75) is 37.1 Å². The van der Waals surface area contributed by atoms with Gasteiger partial charge in [0.05, 0.1) is 16.7 Å². The second-order valence-corrected chi connectivity index (χ2v) is 9.30. The molecule has 1 N–H and O–H groups in total.